The van der Waals surface area contributed by atoms with Crippen molar-refractivity contribution >= 4 is 22.5 Å². The molecule has 1 aliphatic carbocycles. The summed E-state index contributed by atoms with van der Waals surface area (Å²) in [5, 5.41) is 6.24. The summed E-state index contributed by atoms with van der Waals surface area (Å²) >= 11 is 2.00. The number of hydrogen-bond donors (Lipinski definition) is 1. The lowest BCUT2D eigenvalue weighted by molar-refractivity contribution is 0.294. The molecule has 1 N–H and O–H groups in total. The molecule has 3 rings (SSSR count). The van der Waals surface area contributed by atoms with E-state index >= 15 is 0 Å². The van der Waals surface area contributed by atoms with Crippen LogP contribution in [0.25, 0.3) is 10.8 Å². The highest BCUT2D eigenvalue weighted by Crippen LogP contribution is 2.30. The largest absolute Gasteiger partial charge is 0.316 e. The van der Waals surface area contributed by atoms with Crippen molar-refractivity contribution in [2.45, 2.75) is 43.0 Å². The number of thioether (sulfide) groups is 1. The van der Waals surface area contributed by atoms with Gasteiger partial charge in [0.1, 0.15) is 0 Å². The smallest absolute Gasteiger partial charge is 0.0186 e. The molecule has 0 radical (unpaired) electrons. The Morgan fingerprint density at radius 2 is 1.81 bits per heavy atom. The minimum absolute atomic E-state index is 0.654. The summed E-state index contributed by atoms with van der Waals surface area (Å²) in [6.07, 6.45) is 7.09. The van der Waals surface area contributed by atoms with Gasteiger partial charge in [0.25, 0.3) is 0 Å². The molecule has 0 aromatic heterocycles. The molecule has 1 unspecified atom stereocenters. The third kappa shape index (κ3) is 3.81. The first-order valence-electron chi connectivity index (χ1n) is 8.15. The molecule has 1 fully saturated rings. The summed E-state index contributed by atoms with van der Waals surface area (Å²) in [5.74, 6) is 2.05. The Bertz CT molecular complexity index is 575. The average Bonchev–Trinajstić information content (AvgIpc) is 2.56. The van der Waals surface area contributed by atoms with E-state index < -0.39 is 0 Å². The molecule has 2 aromatic rings. The minimum Gasteiger partial charge on any atom is -0.316 e. The number of hydrogen-bond acceptors (Lipinski definition) is 2. The molecule has 0 aliphatic heterocycles. The van der Waals surface area contributed by atoms with Gasteiger partial charge in [0.05, 0.1) is 0 Å². The Morgan fingerprint density at radius 1 is 1.05 bits per heavy atom. The molecule has 0 heterocycles. The van der Waals surface area contributed by atoms with Crippen molar-refractivity contribution in [3.63, 3.8) is 0 Å². The zero-order valence-electron chi connectivity index (χ0n) is 12.8. The number of rotatable bonds is 5. The summed E-state index contributed by atoms with van der Waals surface area (Å²) in [5.41, 5.74) is 0. The average molecular weight is 299 g/mol. The van der Waals surface area contributed by atoms with Crippen LogP contribution in [-0.4, -0.2) is 18.8 Å². The molecular weight excluding hydrogens is 274 g/mol. The standard InChI is InChI=1S/C19H25NS/c1-20-19(16-8-3-2-4-9-16)14-21-18-12-11-15-7-5-6-10-17(15)13-18/h5-7,10-13,16,19-20H,2-4,8-9,14H2,1H3. The molecule has 0 saturated heterocycles. The van der Waals surface area contributed by atoms with E-state index in [1.807, 2.05) is 11.8 Å². The lowest BCUT2D eigenvalue weighted by Crippen LogP contribution is -2.36. The van der Waals surface area contributed by atoms with E-state index in [0.717, 1.165) is 5.92 Å². The zero-order chi connectivity index (χ0) is 14.5. The van der Waals surface area contributed by atoms with Gasteiger partial charge in [-0.25, -0.2) is 0 Å². The van der Waals surface area contributed by atoms with Gasteiger partial charge >= 0.3 is 0 Å². The summed E-state index contributed by atoms with van der Waals surface area (Å²) in [6.45, 7) is 0. The minimum atomic E-state index is 0.654. The van der Waals surface area contributed by atoms with Gasteiger partial charge in [-0.05, 0) is 48.7 Å². The summed E-state index contributed by atoms with van der Waals surface area (Å²) in [4.78, 5) is 1.39. The number of nitrogens with one attached hydrogen (secondary N) is 1. The summed E-state index contributed by atoms with van der Waals surface area (Å²) in [7, 11) is 2.13. The van der Waals surface area contributed by atoms with Gasteiger partial charge in [0.15, 0.2) is 0 Å². The predicted octanol–water partition coefficient (Wildman–Crippen LogP) is 5.10. The van der Waals surface area contributed by atoms with Gasteiger partial charge in [0, 0.05) is 16.7 Å². The summed E-state index contributed by atoms with van der Waals surface area (Å²) < 4.78 is 0. The molecule has 0 spiro atoms. The van der Waals surface area contributed by atoms with Crippen LogP contribution in [0.15, 0.2) is 47.4 Å². The first-order chi connectivity index (χ1) is 10.4. The molecular formula is C19H25NS. The van der Waals surface area contributed by atoms with E-state index in [9.17, 15) is 0 Å². The van der Waals surface area contributed by atoms with Crippen molar-refractivity contribution < 1.29 is 0 Å². The second-order valence-corrected chi connectivity index (χ2v) is 7.21. The van der Waals surface area contributed by atoms with E-state index in [2.05, 4.69) is 54.8 Å². The van der Waals surface area contributed by atoms with Crippen molar-refractivity contribution in [1.82, 2.24) is 5.32 Å². The Kier molecular flexibility index (Phi) is 5.21. The molecule has 1 nitrogen and oxygen atoms in total. The molecule has 112 valence electrons. The predicted molar refractivity (Wildman–Crippen MR) is 94.1 cm³/mol. The lowest BCUT2D eigenvalue weighted by Gasteiger charge is -2.29. The highest BCUT2D eigenvalue weighted by Gasteiger charge is 2.22. The molecule has 2 heteroatoms. The first kappa shape index (κ1) is 14.9. The first-order valence-corrected chi connectivity index (χ1v) is 9.14. The Morgan fingerprint density at radius 3 is 2.57 bits per heavy atom. The lowest BCUT2D eigenvalue weighted by atomic mass is 9.84. The van der Waals surface area contributed by atoms with E-state index in [0.29, 0.717) is 6.04 Å². The fourth-order valence-electron chi connectivity index (χ4n) is 3.43. The fraction of sp³-hybridized carbons (Fsp3) is 0.474. The Labute approximate surface area is 132 Å². The van der Waals surface area contributed by atoms with Crippen LogP contribution >= 0.6 is 11.8 Å². The van der Waals surface area contributed by atoms with E-state index in [1.54, 1.807) is 0 Å². The molecule has 1 aliphatic rings. The molecule has 0 amide bonds. The van der Waals surface area contributed by atoms with Gasteiger partial charge in [0.2, 0.25) is 0 Å². The molecule has 0 bridgehead atoms. The second kappa shape index (κ2) is 7.33. The maximum Gasteiger partial charge on any atom is 0.0186 e. The third-order valence-corrected chi connectivity index (χ3v) is 5.85. The van der Waals surface area contributed by atoms with Gasteiger partial charge in [-0.3, -0.25) is 0 Å². The van der Waals surface area contributed by atoms with Crippen molar-refractivity contribution in [3.05, 3.63) is 42.5 Å². The van der Waals surface area contributed by atoms with Gasteiger partial charge < -0.3 is 5.32 Å². The highest BCUT2D eigenvalue weighted by atomic mass is 32.2. The van der Waals surface area contributed by atoms with Crippen molar-refractivity contribution in [3.8, 4) is 0 Å². The highest BCUT2D eigenvalue weighted by molar-refractivity contribution is 7.99. The molecule has 1 saturated carbocycles. The maximum atomic E-state index is 3.56. The fourth-order valence-corrected chi connectivity index (χ4v) is 4.62. The maximum absolute atomic E-state index is 3.56. The Hall–Kier alpha value is -0.990. The van der Waals surface area contributed by atoms with Crippen LogP contribution in [0.3, 0.4) is 0 Å². The van der Waals surface area contributed by atoms with Gasteiger partial charge in [-0.2, -0.15) is 0 Å². The van der Waals surface area contributed by atoms with Crippen LogP contribution in [0.5, 0.6) is 0 Å². The SMILES string of the molecule is CNC(CSc1ccc2ccccc2c1)C1CCCCC1. The van der Waals surface area contributed by atoms with Crippen LogP contribution in [0.1, 0.15) is 32.1 Å². The van der Waals surface area contributed by atoms with E-state index in [1.165, 1.54) is 53.5 Å². The van der Waals surface area contributed by atoms with E-state index in [4.69, 9.17) is 0 Å². The van der Waals surface area contributed by atoms with Crippen molar-refractivity contribution in [1.29, 1.82) is 0 Å². The number of benzene rings is 2. The van der Waals surface area contributed by atoms with Crippen molar-refractivity contribution in [2.75, 3.05) is 12.8 Å². The van der Waals surface area contributed by atoms with Crippen LogP contribution in [0.4, 0.5) is 0 Å². The Balaban J connectivity index is 1.64. The molecule has 2 aromatic carbocycles. The normalized spacial score (nSPS) is 18.0. The third-order valence-electron chi connectivity index (χ3n) is 4.74. The van der Waals surface area contributed by atoms with Crippen molar-refractivity contribution in [2.24, 2.45) is 5.92 Å². The summed E-state index contributed by atoms with van der Waals surface area (Å²) in [6, 6.07) is 16.1. The van der Waals surface area contributed by atoms with Gasteiger partial charge in [-0.1, -0.05) is 49.6 Å². The van der Waals surface area contributed by atoms with Gasteiger partial charge in [-0.15, -0.1) is 11.8 Å². The van der Waals surface area contributed by atoms with E-state index in [-0.39, 0.29) is 0 Å². The number of fused-ring (bicyclic) bond motifs is 1. The molecule has 21 heavy (non-hydrogen) atoms. The van der Waals surface area contributed by atoms with Crippen LogP contribution in [0.2, 0.25) is 0 Å². The van der Waals surface area contributed by atoms with Crippen LogP contribution in [0, 0.1) is 5.92 Å². The zero-order valence-corrected chi connectivity index (χ0v) is 13.7. The molecule has 1 atom stereocenters. The topological polar surface area (TPSA) is 12.0 Å². The quantitative estimate of drug-likeness (QED) is 0.771. The second-order valence-electron chi connectivity index (χ2n) is 6.11. The monoisotopic (exact) mass is 299 g/mol. The van der Waals surface area contributed by atoms with Crippen LogP contribution < -0.4 is 5.32 Å². The van der Waals surface area contributed by atoms with Crippen LogP contribution in [-0.2, 0) is 0 Å².